The van der Waals surface area contributed by atoms with Crippen LogP contribution in [0.2, 0.25) is 0 Å². The van der Waals surface area contributed by atoms with Crippen molar-refractivity contribution in [3.8, 4) is 0 Å². The second-order valence-corrected chi connectivity index (χ2v) is 7.97. The summed E-state index contributed by atoms with van der Waals surface area (Å²) < 4.78 is 37.6. The summed E-state index contributed by atoms with van der Waals surface area (Å²) in [5.74, 6) is 0.244. The number of rotatable bonds is 4. The number of aromatic nitrogens is 1. The van der Waals surface area contributed by atoms with Gasteiger partial charge < -0.3 is 10.2 Å². The van der Waals surface area contributed by atoms with Gasteiger partial charge in [-0.2, -0.15) is 0 Å². The molecule has 0 amide bonds. The first kappa shape index (κ1) is 16.7. The molecule has 0 spiro atoms. The molecule has 3 rings (SSSR count). The fraction of sp³-hybridized carbons (Fsp3) is 0.353. The highest BCUT2D eigenvalue weighted by Gasteiger charge is 2.24. The predicted octanol–water partition coefficient (Wildman–Crippen LogP) is 2.71. The van der Waals surface area contributed by atoms with E-state index in [0.717, 1.165) is 12.8 Å². The standard InChI is InChI=1S/C17H20FN3O2S/c1-24(22,23)16-7-4-10-19-17(16)21-11-8-13(9-12-21)20-15-6-3-2-5-14(15)18/h2-7,10,13,20H,8-9,11-12H2,1H3. The van der Waals surface area contributed by atoms with Crippen LogP contribution in [0, 0.1) is 5.82 Å². The molecular formula is C17H20FN3O2S. The summed E-state index contributed by atoms with van der Waals surface area (Å²) in [5, 5.41) is 3.23. The number of sulfone groups is 1. The number of benzene rings is 1. The summed E-state index contributed by atoms with van der Waals surface area (Å²) in [7, 11) is -3.32. The van der Waals surface area contributed by atoms with Gasteiger partial charge in [0, 0.05) is 31.6 Å². The summed E-state index contributed by atoms with van der Waals surface area (Å²) in [5.41, 5.74) is 0.505. The first-order valence-corrected chi connectivity index (χ1v) is 9.75. The van der Waals surface area contributed by atoms with Crippen molar-refractivity contribution in [2.45, 2.75) is 23.8 Å². The lowest BCUT2D eigenvalue weighted by Gasteiger charge is -2.34. The van der Waals surface area contributed by atoms with E-state index in [0.29, 0.717) is 24.6 Å². The van der Waals surface area contributed by atoms with Gasteiger partial charge in [0.15, 0.2) is 9.84 Å². The molecule has 1 N–H and O–H groups in total. The van der Waals surface area contributed by atoms with Gasteiger partial charge in [-0.1, -0.05) is 12.1 Å². The first-order valence-electron chi connectivity index (χ1n) is 7.86. The molecule has 1 aliphatic rings. The number of nitrogens with one attached hydrogen (secondary N) is 1. The molecule has 0 radical (unpaired) electrons. The second-order valence-electron chi connectivity index (χ2n) is 5.98. The van der Waals surface area contributed by atoms with Crippen LogP contribution in [-0.4, -0.2) is 38.8 Å². The monoisotopic (exact) mass is 349 g/mol. The lowest BCUT2D eigenvalue weighted by molar-refractivity contribution is 0.516. The lowest BCUT2D eigenvalue weighted by atomic mass is 10.0. The number of nitrogens with zero attached hydrogens (tertiary/aromatic N) is 2. The fourth-order valence-corrected chi connectivity index (χ4v) is 3.78. The Balaban J connectivity index is 1.69. The largest absolute Gasteiger partial charge is 0.380 e. The Morgan fingerprint density at radius 1 is 1.17 bits per heavy atom. The van der Waals surface area contributed by atoms with Gasteiger partial charge in [0.1, 0.15) is 16.5 Å². The van der Waals surface area contributed by atoms with Crippen LogP contribution in [0.1, 0.15) is 12.8 Å². The Bertz CT molecular complexity index is 818. The summed E-state index contributed by atoms with van der Waals surface area (Å²) in [4.78, 5) is 6.50. The van der Waals surface area contributed by atoms with E-state index in [2.05, 4.69) is 10.3 Å². The van der Waals surface area contributed by atoms with E-state index in [4.69, 9.17) is 0 Å². The highest BCUT2D eigenvalue weighted by molar-refractivity contribution is 7.90. The van der Waals surface area contributed by atoms with Crippen molar-refractivity contribution in [2.75, 3.05) is 29.6 Å². The lowest BCUT2D eigenvalue weighted by Crippen LogP contribution is -2.40. The number of hydrogen-bond donors (Lipinski definition) is 1. The molecule has 0 unspecified atom stereocenters. The van der Waals surface area contributed by atoms with E-state index in [9.17, 15) is 12.8 Å². The van der Waals surface area contributed by atoms with Gasteiger partial charge in [0.25, 0.3) is 0 Å². The molecule has 7 heteroatoms. The maximum absolute atomic E-state index is 13.7. The van der Waals surface area contributed by atoms with Crippen LogP contribution in [-0.2, 0) is 9.84 Å². The third-order valence-electron chi connectivity index (χ3n) is 4.18. The van der Waals surface area contributed by atoms with Crippen LogP contribution < -0.4 is 10.2 Å². The fourth-order valence-electron chi connectivity index (χ4n) is 2.94. The molecule has 5 nitrogen and oxygen atoms in total. The van der Waals surface area contributed by atoms with E-state index >= 15 is 0 Å². The molecule has 1 aromatic heterocycles. The number of anilines is 2. The number of pyridine rings is 1. The van der Waals surface area contributed by atoms with Gasteiger partial charge in [0.2, 0.25) is 0 Å². The summed E-state index contributed by atoms with van der Waals surface area (Å²) in [6, 6.07) is 9.99. The Morgan fingerprint density at radius 3 is 2.54 bits per heavy atom. The van der Waals surface area contributed by atoms with Gasteiger partial charge in [0.05, 0.1) is 5.69 Å². The average molecular weight is 349 g/mol. The Morgan fingerprint density at radius 2 is 1.88 bits per heavy atom. The molecule has 0 aliphatic carbocycles. The number of hydrogen-bond acceptors (Lipinski definition) is 5. The number of halogens is 1. The van der Waals surface area contributed by atoms with Crippen molar-refractivity contribution in [1.82, 2.24) is 4.98 Å². The molecule has 1 saturated heterocycles. The smallest absolute Gasteiger partial charge is 0.179 e. The maximum Gasteiger partial charge on any atom is 0.179 e. The van der Waals surface area contributed by atoms with E-state index in [1.165, 1.54) is 12.3 Å². The number of piperidine rings is 1. The normalized spacial score (nSPS) is 16.2. The van der Waals surface area contributed by atoms with Gasteiger partial charge in [-0.3, -0.25) is 0 Å². The SMILES string of the molecule is CS(=O)(=O)c1cccnc1N1CCC(Nc2ccccc2F)CC1. The predicted molar refractivity (Wildman–Crippen MR) is 92.6 cm³/mol. The minimum atomic E-state index is -3.32. The second kappa shape index (κ2) is 6.76. The quantitative estimate of drug-likeness (QED) is 0.920. The number of para-hydroxylation sites is 1. The van der Waals surface area contributed by atoms with Crippen LogP contribution in [0.15, 0.2) is 47.5 Å². The first-order chi connectivity index (χ1) is 11.4. The molecule has 0 saturated carbocycles. The molecule has 0 atom stereocenters. The van der Waals surface area contributed by atoms with Crippen molar-refractivity contribution in [3.05, 3.63) is 48.4 Å². The van der Waals surface area contributed by atoms with Gasteiger partial charge in [-0.25, -0.2) is 17.8 Å². The van der Waals surface area contributed by atoms with Crippen molar-refractivity contribution in [1.29, 1.82) is 0 Å². The summed E-state index contributed by atoms with van der Waals surface area (Å²) in [6.07, 6.45) is 4.37. The molecule has 2 aromatic rings. The van der Waals surface area contributed by atoms with E-state index in [1.54, 1.807) is 36.5 Å². The third kappa shape index (κ3) is 3.67. The van der Waals surface area contributed by atoms with Crippen LogP contribution >= 0.6 is 0 Å². The molecule has 2 heterocycles. The average Bonchev–Trinajstić information content (AvgIpc) is 2.57. The van der Waals surface area contributed by atoms with Crippen molar-refractivity contribution >= 4 is 21.3 Å². The molecule has 128 valence electrons. The van der Waals surface area contributed by atoms with Gasteiger partial charge >= 0.3 is 0 Å². The zero-order valence-electron chi connectivity index (χ0n) is 13.4. The zero-order chi connectivity index (χ0) is 17.2. The third-order valence-corrected chi connectivity index (χ3v) is 5.30. The molecule has 1 fully saturated rings. The van der Waals surface area contributed by atoms with E-state index < -0.39 is 9.84 Å². The molecule has 1 aliphatic heterocycles. The minimum Gasteiger partial charge on any atom is -0.380 e. The van der Waals surface area contributed by atoms with Crippen LogP contribution in [0.4, 0.5) is 15.9 Å². The topological polar surface area (TPSA) is 62.3 Å². The summed E-state index contributed by atoms with van der Waals surface area (Å²) in [6.45, 7) is 1.34. The van der Waals surface area contributed by atoms with Gasteiger partial charge in [-0.05, 0) is 37.1 Å². The van der Waals surface area contributed by atoms with Crippen LogP contribution in [0.3, 0.4) is 0 Å². The van der Waals surface area contributed by atoms with Crippen molar-refractivity contribution < 1.29 is 12.8 Å². The Kier molecular flexibility index (Phi) is 4.71. The Hall–Kier alpha value is -2.15. The summed E-state index contributed by atoms with van der Waals surface area (Å²) >= 11 is 0. The molecule has 1 aromatic carbocycles. The maximum atomic E-state index is 13.7. The van der Waals surface area contributed by atoms with Gasteiger partial charge in [-0.15, -0.1) is 0 Å². The molecule has 24 heavy (non-hydrogen) atoms. The van der Waals surface area contributed by atoms with Crippen molar-refractivity contribution in [3.63, 3.8) is 0 Å². The molecular weight excluding hydrogens is 329 g/mol. The highest BCUT2D eigenvalue weighted by atomic mass is 32.2. The Labute approximate surface area is 141 Å². The van der Waals surface area contributed by atoms with Crippen LogP contribution in [0.25, 0.3) is 0 Å². The minimum absolute atomic E-state index is 0.156. The highest BCUT2D eigenvalue weighted by Crippen LogP contribution is 2.26. The zero-order valence-corrected chi connectivity index (χ0v) is 14.3. The van der Waals surface area contributed by atoms with E-state index in [-0.39, 0.29) is 16.8 Å². The van der Waals surface area contributed by atoms with E-state index in [1.807, 2.05) is 4.90 Å². The van der Waals surface area contributed by atoms with Crippen LogP contribution in [0.5, 0.6) is 0 Å². The van der Waals surface area contributed by atoms with Crippen molar-refractivity contribution in [2.24, 2.45) is 0 Å². The molecule has 0 bridgehead atoms.